The molecule has 1 aromatic heterocycles. The summed E-state index contributed by atoms with van der Waals surface area (Å²) in [5, 5.41) is 16.0. The Bertz CT molecular complexity index is 1710. The maximum atomic E-state index is 13.5. The molecule has 0 atom stereocenters. The van der Waals surface area contributed by atoms with E-state index < -0.39 is 5.82 Å². The standard InChI is InChI=1S/C32H26FNO4S/c1-17-16-32(2,3)34-22-10-9-21-28(27(17)22)25(38-24-12-11-23(35)31(37-4)29(21)24)15-26-20(13-14-39-26)30(36)18-5-7-19(33)8-6-18/h5-16,34-35H,1-4H3/b25-15-. The fourth-order valence-electron chi connectivity index (χ4n) is 5.44. The second-order valence-electron chi connectivity index (χ2n) is 10.2. The van der Waals surface area contributed by atoms with E-state index in [4.69, 9.17) is 9.47 Å². The summed E-state index contributed by atoms with van der Waals surface area (Å²) in [5.41, 5.74) is 6.07. The van der Waals surface area contributed by atoms with Gasteiger partial charge in [0.2, 0.25) is 0 Å². The van der Waals surface area contributed by atoms with Gasteiger partial charge in [-0.1, -0.05) is 12.1 Å². The third-order valence-electron chi connectivity index (χ3n) is 6.98. The number of benzene rings is 3. The first-order valence-electron chi connectivity index (χ1n) is 12.5. The quantitative estimate of drug-likeness (QED) is 0.257. The Morgan fingerprint density at radius 3 is 2.56 bits per heavy atom. The van der Waals surface area contributed by atoms with Crippen molar-refractivity contribution in [3.05, 3.63) is 99.0 Å². The van der Waals surface area contributed by atoms with Gasteiger partial charge in [-0.05, 0) is 86.3 Å². The van der Waals surface area contributed by atoms with Gasteiger partial charge in [0.05, 0.1) is 18.2 Å². The molecule has 4 aromatic rings. The van der Waals surface area contributed by atoms with Crippen LogP contribution in [-0.4, -0.2) is 23.5 Å². The number of anilines is 1. The number of carbonyl (C=O) groups is 1. The molecule has 0 amide bonds. The van der Waals surface area contributed by atoms with E-state index in [1.165, 1.54) is 42.7 Å². The van der Waals surface area contributed by atoms with Crippen molar-refractivity contribution < 1.29 is 23.8 Å². The molecule has 2 N–H and O–H groups in total. The third kappa shape index (κ3) is 4.19. The molecule has 7 heteroatoms. The molecular weight excluding hydrogens is 513 g/mol. The number of carbonyl (C=O) groups excluding carboxylic acids is 1. The van der Waals surface area contributed by atoms with Crippen LogP contribution in [0.1, 0.15) is 52.7 Å². The maximum absolute atomic E-state index is 13.5. The Hall–Kier alpha value is -4.36. The lowest BCUT2D eigenvalue weighted by atomic mass is 9.83. The van der Waals surface area contributed by atoms with E-state index in [2.05, 4.69) is 32.2 Å². The van der Waals surface area contributed by atoms with Gasteiger partial charge in [-0.25, -0.2) is 4.39 Å². The highest BCUT2D eigenvalue weighted by atomic mass is 32.1. The molecule has 3 heterocycles. The number of ketones is 1. The molecule has 0 spiro atoms. The van der Waals surface area contributed by atoms with E-state index in [9.17, 15) is 14.3 Å². The highest BCUT2D eigenvalue weighted by Crippen LogP contribution is 2.54. The molecule has 3 aromatic carbocycles. The van der Waals surface area contributed by atoms with Gasteiger partial charge in [-0.15, -0.1) is 11.3 Å². The summed E-state index contributed by atoms with van der Waals surface area (Å²) in [7, 11) is 1.52. The van der Waals surface area contributed by atoms with Gasteiger partial charge in [0.25, 0.3) is 0 Å². The number of allylic oxidation sites excluding steroid dienone is 1. The number of ether oxygens (including phenoxy) is 2. The molecule has 2 aliphatic heterocycles. The van der Waals surface area contributed by atoms with Gasteiger partial charge in [-0.3, -0.25) is 4.79 Å². The first kappa shape index (κ1) is 24.9. The van der Waals surface area contributed by atoms with Crippen LogP contribution in [0.2, 0.25) is 0 Å². The number of hydrogen-bond donors (Lipinski definition) is 2. The number of halogens is 1. The maximum Gasteiger partial charge on any atom is 0.194 e. The van der Waals surface area contributed by atoms with E-state index in [-0.39, 0.29) is 17.1 Å². The van der Waals surface area contributed by atoms with Crippen LogP contribution in [0, 0.1) is 5.82 Å². The van der Waals surface area contributed by atoms with Crippen LogP contribution in [0.3, 0.4) is 0 Å². The van der Waals surface area contributed by atoms with Crippen LogP contribution in [0.25, 0.3) is 28.5 Å². The molecule has 0 aliphatic carbocycles. The van der Waals surface area contributed by atoms with E-state index in [1.807, 2.05) is 23.6 Å². The van der Waals surface area contributed by atoms with Crippen LogP contribution in [-0.2, 0) is 0 Å². The third-order valence-corrected chi connectivity index (χ3v) is 7.84. The molecule has 0 bridgehead atoms. The molecule has 0 unspecified atom stereocenters. The average Bonchev–Trinajstić information content (AvgIpc) is 3.36. The molecule has 39 heavy (non-hydrogen) atoms. The van der Waals surface area contributed by atoms with Gasteiger partial charge < -0.3 is 19.9 Å². The Kier molecular flexibility index (Phi) is 5.84. The van der Waals surface area contributed by atoms with E-state index in [0.717, 1.165) is 32.8 Å². The summed E-state index contributed by atoms with van der Waals surface area (Å²) < 4.78 is 25.6. The Labute approximate surface area is 229 Å². The second kappa shape index (κ2) is 9.13. The first-order valence-corrected chi connectivity index (χ1v) is 13.4. The minimum atomic E-state index is -0.392. The van der Waals surface area contributed by atoms with Gasteiger partial charge in [0.1, 0.15) is 17.3 Å². The van der Waals surface area contributed by atoms with Crippen LogP contribution in [0.15, 0.2) is 66.1 Å². The van der Waals surface area contributed by atoms with Gasteiger partial charge in [0.15, 0.2) is 17.3 Å². The summed E-state index contributed by atoms with van der Waals surface area (Å²) in [6.45, 7) is 6.30. The van der Waals surface area contributed by atoms with Gasteiger partial charge in [0, 0.05) is 38.4 Å². The second-order valence-corrected chi connectivity index (χ2v) is 11.2. The Balaban J connectivity index is 1.57. The van der Waals surface area contributed by atoms with Crippen molar-refractivity contribution in [1.82, 2.24) is 0 Å². The van der Waals surface area contributed by atoms with Crippen molar-refractivity contribution in [2.75, 3.05) is 12.4 Å². The average molecular weight is 540 g/mol. The van der Waals surface area contributed by atoms with Crippen molar-refractivity contribution in [2.45, 2.75) is 26.3 Å². The molecule has 0 radical (unpaired) electrons. The predicted octanol–water partition coefficient (Wildman–Crippen LogP) is 8.00. The fourth-order valence-corrected chi connectivity index (χ4v) is 6.26. The van der Waals surface area contributed by atoms with Gasteiger partial charge in [-0.2, -0.15) is 0 Å². The number of fused-ring (bicyclic) bond motifs is 5. The SMILES string of the molecule is COc1c(O)ccc2c1-c1ccc3c(c1/C(=C/c1sccc1C(=O)c1ccc(F)cc1)O2)C(C)=CC(C)(C)N3. The minimum absolute atomic E-state index is 0.0212. The molecular formula is C32H26FNO4S. The zero-order valence-corrected chi connectivity index (χ0v) is 22.7. The lowest BCUT2D eigenvalue weighted by molar-refractivity contribution is 0.103. The van der Waals surface area contributed by atoms with Crippen LogP contribution >= 0.6 is 11.3 Å². The molecule has 196 valence electrons. The number of methoxy groups -OCH3 is 1. The van der Waals surface area contributed by atoms with E-state index >= 15 is 0 Å². The smallest absolute Gasteiger partial charge is 0.194 e. The highest BCUT2D eigenvalue weighted by Gasteiger charge is 2.33. The zero-order valence-electron chi connectivity index (χ0n) is 21.9. The van der Waals surface area contributed by atoms with Crippen molar-refractivity contribution in [3.63, 3.8) is 0 Å². The summed E-state index contributed by atoms with van der Waals surface area (Å²) in [6.07, 6.45) is 4.06. The van der Waals surface area contributed by atoms with Crippen molar-refractivity contribution in [3.8, 4) is 28.4 Å². The topological polar surface area (TPSA) is 67.8 Å². The highest BCUT2D eigenvalue weighted by molar-refractivity contribution is 7.11. The molecule has 0 saturated carbocycles. The van der Waals surface area contributed by atoms with Crippen molar-refractivity contribution in [1.29, 1.82) is 0 Å². The monoisotopic (exact) mass is 539 g/mol. The number of hydrogen-bond acceptors (Lipinski definition) is 6. The number of phenols is 1. The zero-order chi connectivity index (χ0) is 27.5. The Morgan fingerprint density at radius 2 is 1.82 bits per heavy atom. The summed E-state index contributed by atoms with van der Waals surface area (Å²) >= 11 is 1.43. The van der Waals surface area contributed by atoms with E-state index in [1.54, 1.807) is 18.2 Å². The molecule has 0 fully saturated rings. The molecule has 2 aliphatic rings. The van der Waals surface area contributed by atoms with Crippen molar-refractivity contribution >= 4 is 40.2 Å². The lowest BCUT2D eigenvalue weighted by Crippen LogP contribution is -2.32. The number of rotatable bonds is 4. The lowest BCUT2D eigenvalue weighted by Gasteiger charge is -2.35. The first-order chi connectivity index (χ1) is 18.7. The molecule has 6 rings (SSSR count). The molecule has 0 saturated heterocycles. The van der Waals surface area contributed by atoms with E-state index in [0.29, 0.717) is 33.9 Å². The van der Waals surface area contributed by atoms with Crippen LogP contribution in [0.4, 0.5) is 10.1 Å². The fraction of sp³-hybridized carbons (Fsp3) is 0.156. The number of phenolic OH excluding ortho intramolecular Hbond substituents is 1. The number of thiophene rings is 1. The number of aromatic hydroxyl groups is 1. The minimum Gasteiger partial charge on any atom is -0.504 e. The summed E-state index contributed by atoms with van der Waals surface area (Å²) in [4.78, 5) is 14.1. The normalized spacial score (nSPS) is 15.8. The predicted molar refractivity (Wildman–Crippen MR) is 154 cm³/mol. The summed E-state index contributed by atoms with van der Waals surface area (Å²) in [5.74, 6) is 0.885. The molecule has 5 nitrogen and oxygen atoms in total. The van der Waals surface area contributed by atoms with Crippen molar-refractivity contribution in [2.24, 2.45) is 0 Å². The summed E-state index contributed by atoms with van der Waals surface area (Å²) in [6, 6.07) is 14.6. The number of nitrogens with one attached hydrogen (secondary N) is 1. The van der Waals surface area contributed by atoms with Crippen LogP contribution in [0.5, 0.6) is 17.2 Å². The van der Waals surface area contributed by atoms with Gasteiger partial charge >= 0.3 is 0 Å². The Morgan fingerprint density at radius 1 is 1.05 bits per heavy atom. The largest absolute Gasteiger partial charge is 0.504 e. The van der Waals surface area contributed by atoms with Crippen LogP contribution < -0.4 is 14.8 Å².